The molecular weight excluding hydrogens is 226 g/mol. The molecule has 4 nitrogen and oxygen atoms in total. The Kier molecular flexibility index (Phi) is 7.28. The van der Waals surface area contributed by atoms with Gasteiger partial charge in [0.1, 0.15) is 0 Å². The van der Waals surface area contributed by atoms with Crippen molar-refractivity contribution < 1.29 is 4.79 Å². The third-order valence-corrected chi connectivity index (χ3v) is 3.86. The van der Waals surface area contributed by atoms with Crippen LogP contribution in [0.25, 0.3) is 0 Å². The number of unbranched alkanes of at least 4 members (excludes halogenated alkanes) is 1. The van der Waals surface area contributed by atoms with E-state index in [0.29, 0.717) is 0 Å². The van der Waals surface area contributed by atoms with Gasteiger partial charge in [-0.25, -0.2) is 0 Å². The van der Waals surface area contributed by atoms with Crippen molar-refractivity contribution in [3.63, 3.8) is 0 Å². The largest absolute Gasteiger partial charge is 0.342 e. The molecule has 18 heavy (non-hydrogen) atoms. The van der Waals surface area contributed by atoms with Gasteiger partial charge in [0.25, 0.3) is 0 Å². The van der Waals surface area contributed by atoms with Crippen LogP contribution >= 0.6 is 0 Å². The minimum Gasteiger partial charge on any atom is -0.342 e. The maximum Gasteiger partial charge on any atom is 0.237 e. The van der Waals surface area contributed by atoms with Crippen molar-refractivity contribution >= 4 is 5.91 Å². The number of hydrogen-bond donors (Lipinski definition) is 2. The zero-order chi connectivity index (χ0) is 13.4. The summed E-state index contributed by atoms with van der Waals surface area (Å²) in [5.41, 5.74) is 2.44. The predicted octanol–water partition coefficient (Wildman–Crippen LogP) is 1.90. The number of hydrazine groups is 1. The van der Waals surface area contributed by atoms with E-state index in [1.807, 2.05) is 4.90 Å². The van der Waals surface area contributed by atoms with Crippen molar-refractivity contribution in [1.82, 2.24) is 10.3 Å². The first-order chi connectivity index (χ1) is 8.63. The SMILES string of the molecule is CC(C)CCCCC1CCN(C(=O)CNN)CC1. The molecule has 0 atom stereocenters. The van der Waals surface area contributed by atoms with E-state index in [4.69, 9.17) is 5.84 Å². The Bertz CT molecular complexity index is 235. The van der Waals surface area contributed by atoms with Crippen LogP contribution in [0.5, 0.6) is 0 Å². The number of likely N-dealkylation sites (tertiary alicyclic amines) is 1. The Balaban J connectivity index is 2.10. The third-order valence-electron chi connectivity index (χ3n) is 3.86. The summed E-state index contributed by atoms with van der Waals surface area (Å²) in [5.74, 6) is 6.96. The number of nitrogens with zero attached hydrogens (tertiary/aromatic N) is 1. The summed E-state index contributed by atoms with van der Waals surface area (Å²) in [6.07, 6.45) is 7.72. The predicted molar refractivity (Wildman–Crippen MR) is 74.8 cm³/mol. The maximum absolute atomic E-state index is 11.6. The minimum atomic E-state index is 0.135. The highest BCUT2D eigenvalue weighted by Gasteiger charge is 2.21. The molecule has 0 bridgehead atoms. The Morgan fingerprint density at radius 3 is 2.56 bits per heavy atom. The molecule has 0 unspecified atom stereocenters. The molecule has 1 saturated heterocycles. The lowest BCUT2D eigenvalue weighted by molar-refractivity contribution is -0.131. The molecule has 1 heterocycles. The van der Waals surface area contributed by atoms with Crippen LogP contribution in [0.3, 0.4) is 0 Å². The van der Waals surface area contributed by atoms with Gasteiger partial charge in [0, 0.05) is 13.1 Å². The van der Waals surface area contributed by atoms with Crippen LogP contribution in [-0.4, -0.2) is 30.4 Å². The van der Waals surface area contributed by atoms with Gasteiger partial charge in [-0.05, 0) is 24.7 Å². The number of carbonyl (C=O) groups is 1. The molecule has 3 N–H and O–H groups in total. The van der Waals surface area contributed by atoms with E-state index < -0.39 is 0 Å². The molecule has 1 rings (SSSR count). The van der Waals surface area contributed by atoms with Gasteiger partial charge in [-0.2, -0.15) is 0 Å². The lowest BCUT2D eigenvalue weighted by atomic mass is 9.90. The molecule has 1 aliphatic rings. The molecule has 1 fully saturated rings. The molecule has 106 valence electrons. The number of carbonyl (C=O) groups excluding carboxylic acids is 1. The van der Waals surface area contributed by atoms with Gasteiger partial charge in [-0.1, -0.05) is 39.5 Å². The summed E-state index contributed by atoms with van der Waals surface area (Å²) in [6, 6.07) is 0. The van der Waals surface area contributed by atoms with E-state index in [-0.39, 0.29) is 12.5 Å². The number of nitrogens with one attached hydrogen (secondary N) is 1. The number of amides is 1. The highest BCUT2D eigenvalue weighted by molar-refractivity contribution is 5.78. The van der Waals surface area contributed by atoms with Crippen LogP contribution < -0.4 is 11.3 Å². The van der Waals surface area contributed by atoms with Crippen LogP contribution in [0.15, 0.2) is 0 Å². The number of piperidine rings is 1. The molecular formula is C14H29N3O. The van der Waals surface area contributed by atoms with Crippen molar-refractivity contribution in [2.45, 2.75) is 52.4 Å². The summed E-state index contributed by atoms with van der Waals surface area (Å²) in [5, 5.41) is 0. The fourth-order valence-electron chi connectivity index (χ4n) is 2.66. The first kappa shape index (κ1) is 15.4. The Morgan fingerprint density at radius 2 is 2.00 bits per heavy atom. The van der Waals surface area contributed by atoms with Gasteiger partial charge in [0.05, 0.1) is 6.54 Å². The van der Waals surface area contributed by atoms with Crippen molar-refractivity contribution in [1.29, 1.82) is 0 Å². The second kappa shape index (κ2) is 8.48. The maximum atomic E-state index is 11.6. The Hall–Kier alpha value is -0.610. The Morgan fingerprint density at radius 1 is 1.33 bits per heavy atom. The molecule has 1 aliphatic heterocycles. The number of hydrogen-bond acceptors (Lipinski definition) is 3. The zero-order valence-corrected chi connectivity index (χ0v) is 12.0. The summed E-state index contributed by atoms with van der Waals surface area (Å²) < 4.78 is 0. The summed E-state index contributed by atoms with van der Waals surface area (Å²) >= 11 is 0. The number of rotatable bonds is 7. The normalized spacial score (nSPS) is 17.4. The molecule has 4 heteroatoms. The molecule has 0 aliphatic carbocycles. The Labute approximate surface area is 111 Å². The van der Waals surface area contributed by atoms with Crippen molar-refractivity contribution in [3.8, 4) is 0 Å². The fraction of sp³-hybridized carbons (Fsp3) is 0.929. The van der Waals surface area contributed by atoms with Gasteiger partial charge in [0.15, 0.2) is 0 Å². The van der Waals surface area contributed by atoms with E-state index in [9.17, 15) is 4.79 Å². The van der Waals surface area contributed by atoms with Crippen molar-refractivity contribution in [2.75, 3.05) is 19.6 Å². The minimum absolute atomic E-state index is 0.135. The van der Waals surface area contributed by atoms with Crippen LogP contribution in [0.2, 0.25) is 0 Å². The van der Waals surface area contributed by atoms with Gasteiger partial charge in [-0.15, -0.1) is 0 Å². The quantitative estimate of drug-likeness (QED) is 0.415. The van der Waals surface area contributed by atoms with Gasteiger partial charge < -0.3 is 4.90 Å². The molecule has 0 aromatic carbocycles. The molecule has 0 aromatic heterocycles. The molecule has 0 spiro atoms. The zero-order valence-electron chi connectivity index (χ0n) is 12.0. The summed E-state index contributed by atoms with van der Waals surface area (Å²) in [7, 11) is 0. The van der Waals surface area contributed by atoms with Crippen LogP contribution in [0.4, 0.5) is 0 Å². The highest BCUT2D eigenvalue weighted by atomic mass is 16.2. The van der Waals surface area contributed by atoms with E-state index >= 15 is 0 Å². The average Bonchev–Trinajstić information content (AvgIpc) is 2.35. The van der Waals surface area contributed by atoms with Gasteiger partial charge in [-0.3, -0.25) is 16.1 Å². The second-order valence-corrected chi connectivity index (χ2v) is 5.88. The summed E-state index contributed by atoms with van der Waals surface area (Å²) in [4.78, 5) is 13.6. The second-order valence-electron chi connectivity index (χ2n) is 5.88. The first-order valence-corrected chi connectivity index (χ1v) is 7.34. The van der Waals surface area contributed by atoms with E-state index in [0.717, 1.165) is 37.8 Å². The summed E-state index contributed by atoms with van der Waals surface area (Å²) in [6.45, 7) is 6.66. The van der Waals surface area contributed by atoms with E-state index in [1.54, 1.807) is 0 Å². The van der Waals surface area contributed by atoms with Crippen molar-refractivity contribution in [3.05, 3.63) is 0 Å². The number of nitrogens with two attached hydrogens (primary N) is 1. The third kappa shape index (κ3) is 5.83. The van der Waals surface area contributed by atoms with E-state index in [1.165, 1.54) is 25.7 Å². The van der Waals surface area contributed by atoms with Crippen LogP contribution in [0, 0.1) is 11.8 Å². The fourth-order valence-corrected chi connectivity index (χ4v) is 2.66. The lowest BCUT2D eigenvalue weighted by Crippen LogP contribution is -2.44. The molecule has 0 aromatic rings. The first-order valence-electron chi connectivity index (χ1n) is 7.34. The standard InChI is InChI=1S/C14H29N3O/c1-12(2)5-3-4-6-13-7-9-17(10-8-13)14(18)11-16-15/h12-13,16H,3-11,15H2,1-2H3. The molecule has 0 saturated carbocycles. The van der Waals surface area contributed by atoms with Gasteiger partial charge >= 0.3 is 0 Å². The highest BCUT2D eigenvalue weighted by Crippen LogP contribution is 2.23. The van der Waals surface area contributed by atoms with Crippen molar-refractivity contribution in [2.24, 2.45) is 17.7 Å². The monoisotopic (exact) mass is 255 g/mol. The van der Waals surface area contributed by atoms with E-state index in [2.05, 4.69) is 19.3 Å². The topological polar surface area (TPSA) is 58.4 Å². The average molecular weight is 255 g/mol. The van der Waals surface area contributed by atoms with Gasteiger partial charge in [0.2, 0.25) is 5.91 Å². The molecule has 0 radical (unpaired) electrons. The van der Waals surface area contributed by atoms with Crippen LogP contribution in [0.1, 0.15) is 52.4 Å². The smallest absolute Gasteiger partial charge is 0.237 e. The van der Waals surface area contributed by atoms with Crippen LogP contribution in [-0.2, 0) is 4.79 Å². The lowest BCUT2D eigenvalue weighted by Gasteiger charge is -2.32. The molecule has 1 amide bonds.